The zero-order valence-electron chi connectivity index (χ0n) is 8.67. The lowest BCUT2D eigenvalue weighted by Gasteiger charge is -2.04. The zero-order chi connectivity index (χ0) is 11.1. The molecule has 0 aromatic heterocycles. The van der Waals surface area contributed by atoms with Crippen molar-refractivity contribution in [2.24, 2.45) is 0 Å². The van der Waals surface area contributed by atoms with Crippen molar-refractivity contribution in [3.8, 4) is 5.75 Å². The van der Waals surface area contributed by atoms with Crippen molar-refractivity contribution in [2.75, 3.05) is 12.4 Å². The van der Waals surface area contributed by atoms with Gasteiger partial charge in [0.2, 0.25) is 0 Å². The molecular weight excluding hydrogens is 259 g/mol. The summed E-state index contributed by atoms with van der Waals surface area (Å²) in [7, 11) is 1.48. The minimum atomic E-state index is -0.261. The first-order chi connectivity index (χ1) is 7.29. The van der Waals surface area contributed by atoms with E-state index in [-0.39, 0.29) is 5.82 Å². The second-order valence-corrected chi connectivity index (χ2v) is 3.88. The summed E-state index contributed by atoms with van der Waals surface area (Å²) in [4.78, 5) is 0. The van der Waals surface area contributed by atoms with Crippen molar-refractivity contribution in [3.63, 3.8) is 0 Å². The van der Waals surface area contributed by atoms with Gasteiger partial charge in [-0.25, -0.2) is 4.39 Å². The summed E-state index contributed by atoms with van der Waals surface area (Å²) in [5, 5.41) is 0.935. The number of allylic oxidation sites excluding steroid dienone is 2. The number of benzene rings is 1. The molecule has 82 valence electrons. The van der Waals surface area contributed by atoms with Crippen molar-refractivity contribution in [3.05, 3.63) is 41.7 Å². The predicted octanol–water partition coefficient (Wildman–Crippen LogP) is 3.72. The molecule has 0 radical (unpaired) electrons. The highest BCUT2D eigenvalue weighted by Crippen LogP contribution is 2.20. The molecule has 0 unspecified atom stereocenters. The van der Waals surface area contributed by atoms with Gasteiger partial charge in [-0.15, -0.1) is 0 Å². The Morgan fingerprint density at radius 1 is 1.40 bits per heavy atom. The van der Waals surface area contributed by atoms with E-state index >= 15 is 0 Å². The SMILES string of the molecule is COc1cccc(C/C=C/CCBr)c1F. The maximum Gasteiger partial charge on any atom is 0.168 e. The summed E-state index contributed by atoms with van der Waals surface area (Å²) >= 11 is 3.33. The number of hydrogen-bond donors (Lipinski definition) is 0. The van der Waals surface area contributed by atoms with Crippen LogP contribution in [0.3, 0.4) is 0 Å². The van der Waals surface area contributed by atoms with Crippen LogP contribution in [0.5, 0.6) is 5.75 Å². The van der Waals surface area contributed by atoms with E-state index in [0.29, 0.717) is 17.7 Å². The van der Waals surface area contributed by atoms with Gasteiger partial charge < -0.3 is 4.74 Å². The van der Waals surface area contributed by atoms with Crippen LogP contribution in [0.4, 0.5) is 4.39 Å². The molecule has 0 atom stereocenters. The van der Waals surface area contributed by atoms with E-state index in [0.717, 1.165) is 11.8 Å². The summed E-state index contributed by atoms with van der Waals surface area (Å²) in [6, 6.07) is 5.20. The molecule has 0 bridgehead atoms. The Balaban J connectivity index is 2.68. The largest absolute Gasteiger partial charge is 0.494 e. The third kappa shape index (κ3) is 3.67. The van der Waals surface area contributed by atoms with Crippen LogP contribution in [0.15, 0.2) is 30.4 Å². The Morgan fingerprint density at radius 3 is 2.87 bits per heavy atom. The van der Waals surface area contributed by atoms with Gasteiger partial charge in [0.25, 0.3) is 0 Å². The highest BCUT2D eigenvalue weighted by atomic mass is 79.9. The van der Waals surface area contributed by atoms with E-state index in [1.54, 1.807) is 18.2 Å². The van der Waals surface area contributed by atoms with Gasteiger partial charge in [0.05, 0.1) is 7.11 Å². The number of rotatable bonds is 5. The highest BCUT2D eigenvalue weighted by Gasteiger charge is 2.05. The quantitative estimate of drug-likeness (QED) is 0.587. The first kappa shape index (κ1) is 12.2. The standard InChI is InChI=1S/C12H14BrFO/c1-15-11-8-5-7-10(12(11)14)6-3-2-4-9-13/h2-3,5,7-8H,4,6,9H2,1H3/b3-2+. The number of hydrogen-bond acceptors (Lipinski definition) is 1. The molecule has 1 rings (SSSR count). The van der Waals surface area contributed by atoms with Crippen LogP contribution in [0.2, 0.25) is 0 Å². The second kappa shape index (κ2) is 6.62. The van der Waals surface area contributed by atoms with Crippen LogP contribution < -0.4 is 4.74 Å². The summed E-state index contributed by atoms with van der Waals surface area (Å²) in [5.41, 5.74) is 0.667. The lowest BCUT2D eigenvalue weighted by atomic mass is 10.1. The van der Waals surface area contributed by atoms with E-state index in [4.69, 9.17) is 4.74 Å². The van der Waals surface area contributed by atoms with Gasteiger partial charge in [0.1, 0.15) is 0 Å². The van der Waals surface area contributed by atoms with Gasteiger partial charge in [-0.1, -0.05) is 40.2 Å². The predicted molar refractivity (Wildman–Crippen MR) is 64.2 cm³/mol. The van der Waals surface area contributed by atoms with E-state index in [1.807, 2.05) is 12.2 Å². The van der Waals surface area contributed by atoms with Crippen LogP contribution in [-0.4, -0.2) is 12.4 Å². The molecule has 0 saturated heterocycles. The smallest absolute Gasteiger partial charge is 0.168 e. The molecule has 0 fully saturated rings. The summed E-state index contributed by atoms with van der Waals surface area (Å²) < 4.78 is 18.5. The van der Waals surface area contributed by atoms with Crippen molar-refractivity contribution in [2.45, 2.75) is 12.8 Å². The second-order valence-electron chi connectivity index (χ2n) is 3.09. The summed E-state index contributed by atoms with van der Waals surface area (Å²) in [5.74, 6) is 0.0462. The minimum Gasteiger partial charge on any atom is -0.494 e. The van der Waals surface area contributed by atoms with Crippen molar-refractivity contribution in [1.29, 1.82) is 0 Å². The Labute approximate surface area is 98.1 Å². The van der Waals surface area contributed by atoms with E-state index < -0.39 is 0 Å². The first-order valence-electron chi connectivity index (χ1n) is 4.82. The average molecular weight is 273 g/mol. The van der Waals surface area contributed by atoms with Crippen LogP contribution >= 0.6 is 15.9 Å². The summed E-state index contributed by atoms with van der Waals surface area (Å²) in [6.07, 6.45) is 5.58. The van der Waals surface area contributed by atoms with E-state index in [2.05, 4.69) is 15.9 Å². The first-order valence-corrected chi connectivity index (χ1v) is 5.94. The third-order valence-electron chi connectivity index (χ3n) is 2.04. The van der Waals surface area contributed by atoms with Gasteiger partial charge in [-0.3, -0.25) is 0 Å². The van der Waals surface area contributed by atoms with Gasteiger partial charge in [0, 0.05) is 5.33 Å². The number of ether oxygens (including phenoxy) is 1. The van der Waals surface area contributed by atoms with Gasteiger partial charge in [-0.05, 0) is 24.5 Å². The summed E-state index contributed by atoms with van der Waals surface area (Å²) in [6.45, 7) is 0. The zero-order valence-corrected chi connectivity index (χ0v) is 10.3. The molecule has 0 aliphatic heterocycles. The Bertz CT molecular complexity index is 336. The molecule has 0 heterocycles. The maximum absolute atomic E-state index is 13.6. The third-order valence-corrected chi connectivity index (χ3v) is 2.50. The van der Waals surface area contributed by atoms with Crippen molar-refractivity contribution >= 4 is 15.9 Å². The Hall–Kier alpha value is -0.830. The lowest BCUT2D eigenvalue weighted by Crippen LogP contribution is -1.93. The molecule has 0 amide bonds. The van der Waals surface area contributed by atoms with Crippen LogP contribution in [0, 0.1) is 5.82 Å². The highest BCUT2D eigenvalue weighted by molar-refractivity contribution is 9.09. The molecule has 0 aliphatic rings. The monoisotopic (exact) mass is 272 g/mol. The molecule has 0 N–H and O–H groups in total. The van der Waals surface area contributed by atoms with E-state index in [9.17, 15) is 4.39 Å². The van der Waals surface area contributed by atoms with Crippen LogP contribution in [-0.2, 0) is 6.42 Å². The maximum atomic E-state index is 13.6. The van der Waals surface area contributed by atoms with Gasteiger partial charge in [-0.2, -0.15) is 0 Å². The Morgan fingerprint density at radius 2 is 2.20 bits per heavy atom. The van der Waals surface area contributed by atoms with Gasteiger partial charge >= 0.3 is 0 Å². The topological polar surface area (TPSA) is 9.23 Å². The molecule has 0 spiro atoms. The molecule has 3 heteroatoms. The molecule has 15 heavy (non-hydrogen) atoms. The normalized spacial score (nSPS) is 10.9. The molecule has 1 aromatic rings. The van der Waals surface area contributed by atoms with Crippen LogP contribution in [0.25, 0.3) is 0 Å². The fraction of sp³-hybridized carbons (Fsp3) is 0.333. The van der Waals surface area contributed by atoms with Crippen molar-refractivity contribution in [1.82, 2.24) is 0 Å². The fourth-order valence-electron chi connectivity index (χ4n) is 1.26. The van der Waals surface area contributed by atoms with E-state index in [1.165, 1.54) is 7.11 Å². The molecular formula is C12H14BrFO. The minimum absolute atomic E-state index is 0.261. The fourth-order valence-corrected chi connectivity index (χ4v) is 1.53. The van der Waals surface area contributed by atoms with Crippen LogP contribution in [0.1, 0.15) is 12.0 Å². The number of halogens is 2. The average Bonchev–Trinajstić information content (AvgIpc) is 2.26. The number of methoxy groups -OCH3 is 1. The molecule has 1 aromatic carbocycles. The molecule has 1 nitrogen and oxygen atoms in total. The Kier molecular flexibility index (Phi) is 5.40. The molecule has 0 saturated carbocycles. The van der Waals surface area contributed by atoms with Crippen molar-refractivity contribution < 1.29 is 9.13 Å². The van der Waals surface area contributed by atoms with Gasteiger partial charge in [0.15, 0.2) is 11.6 Å². The lowest BCUT2D eigenvalue weighted by molar-refractivity contribution is 0.384. The number of alkyl halides is 1. The molecule has 0 aliphatic carbocycles.